The number of hydrogen-bond donors (Lipinski definition) is 1. The Balaban J connectivity index is 2.25. The van der Waals surface area contributed by atoms with E-state index in [9.17, 15) is 9.90 Å². The summed E-state index contributed by atoms with van der Waals surface area (Å²) in [6.45, 7) is 4.31. The molecule has 0 aromatic rings. The molecule has 3 heteroatoms. The molecule has 3 nitrogen and oxygen atoms in total. The van der Waals surface area contributed by atoms with Gasteiger partial charge in [-0.05, 0) is 32.6 Å². The average Bonchev–Trinajstić information content (AvgIpc) is 2.59. The van der Waals surface area contributed by atoms with Crippen molar-refractivity contribution in [3.05, 3.63) is 17.4 Å². The van der Waals surface area contributed by atoms with Crippen molar-refractivity contribution in [2.75, 3.05) is 6.61 Å². The highest BCUT2D eigenvalue weighted by molar-refractivity contribution is 5.81. The second-order valence-corrected chi connectivity index (χ2v) is 5.65. The molecule has 0 aromatic heterocycles. The van der Waals surface area contributed by atoms with Gasteiger partial charge in [-0.2, -0.15) is 0 Å². The molecule has 0 amide bonds. The Kier molecular flexibility index (Phi) is 3.65. The molecule has 0 spiro atoms. The highest BCUT2D eigenvalue weighted by Gasteiger charge is 2.54. The Hall–Kier alpha value is -1.05. The van der Waals surface area contributed by atoms with Gasteiger partial charge in [0.05, 0.1) is 18.3 Å². The lowest BCUT2D eigenvalue weighted by molar-refractivity contribution is -0.137. The van der Waals surface area contributed by atoms with Crippen LogP contribution in [0.4, 0.5) is 0 Å². The fraction of sp³-hybridized carbons (Fsp3) is 0.733. The summed E-state index contributed by atoms with van der Waals surface area (Å²) in [6, 6.07) is 0. The van der Waals surface area contributed by atoms with Crippen LogP contribution in [0.2, 0.25) is 0 Å². The molecule has 0 bridgehead atoms. The minimum absolute atomic E-state index is 0.0317. The first-order valence-corrected chi connectivity index (χ1v) is 6.87. The van der Waals surface area contributed by atoms with E-state index in [1.165, 1.54) is 12.5 Å². The second-order valence-electron chi connectivity index (χ2n) is 5.65. The number of hydrogen-bond acceptors (Lipinski definition) is 3. The van der Waals surface area contributed by atoms with E-state index >= 15 is 0 Å². The Morgan fingerprint density at radius 2 is 2.17 bits per heavy atom. The molecule has 2 fully saturated rings. The molecule has 2 rings (SSSR count). The highest BCUT2D eigenvalue weighted by atomic mass is 16.5. The van der Waals surface area contributed by atoms with Crippen LogP contribution in [-0.4, -0.2) is 23.3 Å². The Morgan fingerprint density at radius 3 is 2.89 bits per heavy atom. The van der Waals surface area contributed by atoms with Crippen molar-refractivity contribution >= 4 is 5.97 Å². The summed E-state index contributed by atoms with van der Waals surface area (Å²) in [4.78, 5) is 11.3. The molecule has 1 N–H and O–H groups in total. The van der Waals surface area contributed by atoms with Crippen molar-refractivity contribution in [3.63, 3.8) is 0 Å². The minimum Gasteiger partial charge on any atom is -0.462 e. The third kappa shape index (κ3) is 2.13. The van der Waals surface area contributed by atoms with Gasteiger partial charge in [0, 0.05) is 11.0 Å². The summed E-state index contributed by atoms with van der Waals surface area (Å²) in [6.07, 6.45) is 7.25. The molecule has 0 unspecified atom stereocenters. The van der Waals surface area contributed by atoms with E-state index in [4.69, 9.17) is 4.74 Å². The summed E-state index contributed by atoms with van der Waals surface area (Å²) in [5.41, 5.74) is 3.10. The molecule has 18 heavy (non-hydrogen) atoms. The van der Waals surface area contributed by atoms with E-state index in [0.29, 0.717) is 6.61 Å². The summed E-state index contributed by atoms with van der Waals surface area (Å²) in [5, 5.41) is 10.9. The number of carbonyl (C=O) groups excluding carboxylic acids is 1. The zero-order valence-corrected chi connectivity index (χ0v) is 11.3. The van der Waals surface area contributed by atoms with Crippen molar-refractivity contribution in [3.8, 4) is 0 Å². The predicted molar refractivity (Wildman–Crippen MR) is 69.0 cm³/mol. The van der Waals surface area contributed by atoms with Crippen molar-refractivity contribution in [2.24, 2.45) is 5.41 Å². The monoisotopic (exact) mass is 250 g/mol. The topological polar surface area (TPSA) is 46.5 Å². The van der Waals surface area contributed by atoms with Gasteiger partial charge in [0.25, 0.3) is 0 Å². The zero-order chi connectivity index (χ0) is 13.2. The normalized spacial score (nSPS) is 34.7. The number of carbonyl (C=O) groups is 1. The van der Waals surface area contributed by atoms with Crippen molar-refractivity contribution in [2.45, 2.75) is 58.0 Å². The minimum atomic E-state index is -0.756. The molecule has 2 aliphatic rings. The highest BCUT2D eigenvalue weighted by Crippen LogP contribution is 2.56. The van der Waals surface area contributed by atoms with Gasteiger partial charge in [-0.25, -0.2) is 4.79 Å². The van der Waals surface area contributed by atoms with Crippen molar-refractivity contribution in [1.29, 1.82) is 0 Å². The van der Waals surface area contributed by atoms with Crippen LogP contribution >= 0.6 is 0 Å². The van der Waals surface area contributed by atoms with E-state index in [1.54, 1.807) is 6.92 Å². The maximum absolute atomic E-state index is 11.3. The summed E-state index contributed by atoms with van der Waals surface area (Å²) in [5.74, 6) is -0.377. The average molecular weight is 250 g/mol. The molecule has 0 heterocycles. The van der Waals surface area contributed by atoms with Crippen molar-refractivity contribution < 1.29 is 14.6 Å². The first kappa shape index (κ1) is 13.4. The maximum atomic E-state index is 11.3. The van der Waals surface area contributed by atoms with Gasteiger partial charge < -0.3 is 9.84 Å². The van der Waals surface area contributed by atoms with Crippen LogP contribution in [0, 0.1) is 5.41 Å². The predicted octanol–water partition coefficient (Wildman–Crippen LogP) is 2.74. The molecule has 2 aliphatic carbocycles. The molecule has 0 saturated heterocycles. The van der Waals surface area contributed by atoms with Gasteiger partial charge in [-0.1, -0.05) is 19.8 Å². The Bertz CT molecular complexity index is 406. The smallest absolute Gasteiger partial charge is 0.338 e. The second kappa shape index (κ2) is 4.91. The lowest BCUT2D eigenvalue weighted by Crippen LogP contribution is -2.45. The van der Waals surface area contributed by atoms with E-state index in [-0.39, 0.29) is 11.4 Å². The fourth-order valence-electron chi connectivity index (χ4n) is 3.38. The molecule has 2 saturated carbocycles. The van der Waals surface area contributed by atoms with E-state index < -0.39 is 5.60 Å². The SMILES string of the molecule is CCOC(=O)C=C=C1CC[C@]2(C)CCCC[C@]12O. The van der Waals surface area contributed by atoms with Crippen molar-refractivity contribution in [1.82, 2.24) is 0 Å². The lowest BCUT2D eigenvalue weighted by atomic mass is 9.65. The van der Waals surface area contributed by atoms with Gasteiger partial charge >= 0.3 is 5.97 Å². The Labute approximate surface area is 109 Å². The quantitative estimate of drug-likeness (QED) is 0.465. The van der Waals surface area contributed by atoms with Crippen LogP contribution in [0.15, 0.2) is 17.4 Å². The number of ether oxygens (including phenoxy) is 1. The molecular formula is C15H22O3. The van der Waals surface area contributed by atoms with Crippen LogP contribution in [-0.2, 0) is 9.53 Å². The van der Waals surface area contributed by atoms with Gasteiger partial charge in [-0.15, -0.1) is 5.73 Å². The van der Waals surface area contributed by atoms with Crippen LogP contribution in [0.3, 0.4) is 0 Å². The van der Waals surface area contributed by atoms with Crippen LogP contribution in [0.5, 0.6) is 0 Å². The van der Waals surface area contributed by atoms with Crippen LogP contribution in [0.1, 0.15) is 52.4 Å². The van der Waals surface area contributed by atoms with Gasteiger partial charge in [-0.3, -0.25) is 0 Å². The molecule has 0 aliphatic heterocycles. The number of aliphatic hydroxyl groups is 1. The third-order valence-electron chi connectivity index (χ3n) is 4.59. The first-order valence-electron chi connectivity index (χ1n) is 6.87. The standard InChI is InChI=1S/C15H22O3/c1-3-18-13(16)7-6-12-8-11-14(2)9-4-5-10-15(12,14)17/h7,17H,3-5,8-11H2,1-2H3/t6?,14-,15-/m0/s1. The fourth-order valence-corrected chi connectivity index (χ4v) is 3.38. The summed E-state index contributed by atoms with van der Waals surface area (Å²) in [7, 11) is 0. The van der Waals surface area contributed by atoms with Gasteiger partial charge in [0.1, 0.15) is 0 Å². The van der Waals surface area contributed by atoms with Gasteiger partial charge in [0.15, 0.2) is 0 Å². The Morgan fingerprint density at radius 1 is 1.44 bits per heavy atom. The zero-order valence-electron chi connectivity index (χ0n) is 11.3. The molecular weight excluding hydrogens is 228 g/mol. The third-order valence-corrected chi connectivity index (χ3v) is 4.59. The number of fused-ring (bicyclic) bond motifs is 1. The maximum Gasteiger partial charge on any atom is 0.338 e. The lowest BCUT2D eigenvalue weighted by Gasteiger charge is -2.43. The molecule has 0 aromatic carbocycles. The molecule has 2 atom stereocenters. The number of rotatable bonds is 2. The largest absolute Gasteiger partial charge is 0.462 e. The van der Waals surface area contributed by atoms with E-state index in [0.717, 1.165) is 37.7 Å². The first-order chi connectivity index (χ1) is 8.52. The summed E-state index contributed by atoms with van der Waals surface area (Å²) < 4.78 is 4.84. The van der Waals surface area contributed by atoms with Crippen LogP contribution in [0.25, 0.3) is 0 Å². The van der Waals surface area contributed by atoms with Gasteiger partial charge in [0.2, 0.25) is 0 Å². The van der Waals surface area contributed by atoms with E-state index in [1.807, 2.05) is 0 Å². The van der Waals surface area contributed by atoms with Crippen LogP contribution < -0.4 is 0 Å². The molecule has 0 radical (unpaired) electrons. The number of esters is 1. The molecule has 100 valence electrons. The van der Waals surface area contributed by atoms with E-state index in [2.05, 4.69) is 12.7 Å². The summed E-state index contributed by atoms with van der Waals surface area (Å²) >= 11 is 0.